The molecule has 2 N–H and O–H groups in total. The lowest BCUT2D eigenvalue weighted by Crippen LogP contribution is -2.50. The normalized spacial score (nSPS) is 18.8. The Balaban J connectivity index is 1.47. The molecule has 2 aliphatic rings. The van der Waals surface area contributed by atoms with Crippen molar-refractivity contribution in [3.8, 4) is 5.75 Å². The predicted molar refractivity (Wildman–Crippen MR) is 146 cm³/mol. The summed E-state index contributed by atoms with van der Waals surface area (Å²) in [6.07, 6.45) is 2.14. The highest BCUT2D eigenvalue weighted by molar-refractivity contribution is 9.10. The van der Waals surface area contributed by atoms with E-state index in [1.54, 1.807) is 7.11 Å². The summed E-state index contributed by atoms with van der Waals surface area (Å²) in [6.45, 7) is 4.24. The Bertz CT molecular complexity index is 1290. The number of nitrogens with zero attached hydrogens (tertiary/aromatic N) is 1. The zero-order valence-corrected chi connectivity index (χ0v) is 22.3. The zero-order valence-electron chi connectivity index (χ0n) is 20.7. The molecule has 0 aliphatic carbocycles. The number of halogens is 1. The molecule has 188 valence electrons. The van der Waals surface area contributed by atoms with Gasteiger partial charge in [-0.3, -0.25) is 9.59 Å². The molecule has 0 aromatic heterocycles. The van der Waals surface area contributed by atoms with Gasteiger partial charge in [0.25, 0.3) is 0 Å². The first kappa shape index (κ1) is 24.8. The zero-order chi connectivity index (χ0) is 25.2. The molecule has 3 aromatic rings. The fourth-order valence-electron chi connectivity index (χ4n) is 5.31. The molecule has 7 heteroatoms. The second-order valence-corrected chi connectivity index (χ2v) is 10.8. The third-order valence-corrected chi connectivity index (χ3v) is 7.95. The molecule has 1 saturated heterocycles. The predicted octanol–water partition coefficient (Wildman–Crippen LogP) is 4.82. The van der Waals surface area contributed by atoms with Crippen molar-refractivity contribution in [3.63, 3.8) is 0 Å². The molecule has 1 fully saturated rings. The molecule has 0 bridgehead atoms. The van der Waals surface area contributed by atoms with Gasteiger partial charge in [0.15, 0.2) is 0 Å². The van der Waals surface area contributed by atoms with E-state index in [1.165, 1.54) is 0 Å². The van der Waals surface area contributed by atoms with Crippen LogP contribution in [0.5, 0.6) is 5.75 Å². The fourth-order valence-corrected chi connectivity index (χ4v) is 5.69. The van der Waals surface area contributed by atoms with Crippen molar-refractivity contribution in [2.75, 3.05) is 25.1 Å². The number of para-hydroxylation sites is 1. The van der Waals surface area contributed by atoms with Crippen LogP contribution in [0.4, 0.5) is 5.69 Å². The highest BCUT2D eigenvalue weighted by atomic mass is 79.9. The standard InChI is InChI=1S/C29H32BrN3O3/c1-18(13-19-15-31-16-19)28(34)32-25-11-7-20-5-3-4-6-26(20)33(29(25)35)17-24-23-10-9-22(30)14-21(23)8-12-27(24)36-2/h3-6,8-10,12,14,18-19,25,31H,7,11,13,15-17H2,1-2H3,(H,32,34)/t18-,25+/m1/s1. The van der Waals surface area contributed by atoms with Gasteiger partial charge in [0.05, 0.1) is 13.7 Å². The Morgan fingerprint density at radius 1 is 1.19 bits per heavy atom. The summed E-state index contributed by atoms with van der Waals surface area (Å²) in [5, 5.41) is 8.47. The number of hydrogen-bond donors (Lipinski definition) is 2. The summed E-state index contributed by atoms with van der Waals surface area (Å²) in [5.41, 5.74) is 2.95. The number of aryl methyl sites for hydroxylation is 1. The quantitative estimate of drug-likeness (QED) is 0.443. The number of carbonyl (C=O) groups is 2. The Morgan fingerprint density at radius 3 is 2.75 bits per heavy atom. The van der Waals surface area contributed by atoms with Gasteiger partial charge in [0, 0.05) is 21.6 Å². The van der Waals surface area contributed by atoms with Crippen LogP contribution < -0.4 is 20.3 Å². The average molecular weight is 550 g/mol. The van der Waals surface area contributed by atoms with E-state index in [0.717, 1.165) is 63.7 Å². The van der Waals surface area contributed by atoms with Crippen molar-refractivity contribution < 1.29 is 14.3 Å². The molecule has 0 radical (unpaired) electrons. The maximum atomic E-state index is 14.0. The topological polar surface area (TPSA) is 70.7 Å². The lowest BCUT2D eigenvalue weighted by atomic mass is 9.90. The molecule has 6 nitrogen and oxygen atoms in total. The highest BCUT2D eigenvalue weighted by Crippen LogP contribution is 2.35. The number of fused-ring (bicyclic) bond motifs is 2. The van der Waals surface area contributed by atoms with Crippen LogP contribution in [-0.4, -0.2) is 38.1 Å². The van der Waals surface area contributed by atoms with E-state index >= 15 is 0 Å². The number of amides is 2. The third kappa shape index (κ3) is 5.00. The number of nitrogens with one attached hydrogen (secondary N) is 2. The molecule has 0 spiro atoms. The Morgan fingerprint density at radius 2 is 2.00 bits per heavy atom. The van der Waals surface area contributed by atoms with Crippen LogP contribution in [0.1, 0.15) is 30.9 Å². The van der Waals surface area contributed by atoms with Crippen LogP contribution in [0, 0.1) is 11.8 Å². The van der Waals surface area contributed by atoms with Crippen LogP contribution in [0.2, 0.25) is 0 Å². The summed E-state index contributed by atoms with van der Waals surface area (Å²) < 4.78 is 6.73. The Kier molecular flexibility index (Phi) is 7.30. The average Bonchev–Trinajstić information content (AvgIpc) is 2.98. The van der Waals surface area contributed by atoms with Gasteiger partial charge < -0.3 is 20.3 Å². The van der Waals surface area contributed by atoms with Crippen molar-refractivity contribution in [1.82, 2.24) is 10.6 Å². The molecule has 3 aromatic carbocycles. The summed E-state index contributed by atoms with van der Waals surface area (Å²) in [4.78, 5) is 28.9. The number of benzene rings is 3. The first-order chi connectivity index (χ1) is 17.4. The van der Waals surface area contributed by atoms with Crippen LogP contribution in [-0.2, 0) is 22.6 Å². The first-order valence-corrected chi connectivity index (χ1v) is 13.4. The van der Waals surface area contributed by atoms with Crippen molar-refractivity contribution >= 4 is 44.2 Å². The van der Waals surface area contributed by atoms with E-state index in [4.69, 9.17) is 4.74 Å². The second-order valence-electron chi connectivity index (χ2n) is 9.93. The SMILES string of the molecule is COc1ccc2cc(Br)ccc2c1CN1C(=O)[C@@H](NC(=O)[C@H](C)CC2CNC2)CCc2ccccc21. The van der Waals surface area contributed by atoms with E-state index < -0.39 is 6.04 Å². The van der Waals surface area contributed by atoms with E-state index in [0.29, 0.717) is 18.9 Å². The molecule has 0 unspecified atom stereocenters. The van der Waals surface area contributed by atoms with Gasteiger partial charge in [-0.2, -0.15) is 0 Å². The van der Waals surface area contributed by atoms with Crippen LogP contribution >= 0.6 is 15.9 Å². The number of ether oxygens (including phenoxy) is 1. The third-order valence-electron chi connectivity index (χ3n) is 7.45. The smallest absolute Gasteiger partial charge is 0.249 e. The minimum absolute atomic E-state index is 0.0428. The van der Waals surface area contributed by atoms with Crippen molar-refractivity contribution in [1.29, 1.82) is 0 Å². The van der Waals surface area contributed by atoms with Gasteiger partial charge in [-0.05, 0) is 78.9 Å². The minimum atomic E-state index is -0.568. The van der Waals surface area contributed by atoms with Gasteiger partial charge in [0.1, 0.15) is 11.8 Å². The minimum Gasteiger partial charge on any atom is -0.496 e. The highest BCUT2D eigenvalue weighted by Gasteiger charge is 2.33. The van der Waals surface area contributed by atoms with Gasteiger partial charge in [-0.1, -0.05) is 53.2 Å². The second kappa shape index (κ2) is 10.6. The van der Waals surface area contributed by atoms with Gasteiger partial charge >= 0.3 is 0 Å². The van der Waals surface area contributed by atoms with Crippen molar-refractivity contribution in [3.05, 3.63) is 70.2 Å². The Labute approximate surface area is 220 Å². The summed E-state index contributed by atoms with van der Waals surface area (Å²) in [5.74, 6) is 1.03. The summed E-state index contributed by atoms with van der Waals surface area (Å²) in [7, 11) is 1.66. The molecule has 36 heavy (non-hydrogen) atoms. The van der Waals surface area contributed by atoms with Crippen LogP contribution in [0.15, 0.2) is 59.1 Å². The maximum absolute atomic E-state index is 14.0. The molecule has 2 atom stereocenters. The largest absolute Gasteiger partial charge is 0.496 e. The monoisotopic (exact) mass is 549 g/mol. The van der Waals surface area contributed by atoms with E-state index in [1.807, 2.05) is 48.2 Å². The molecule has 2 heterocycles. The van der Waals surface area contributed by atoms with Gasteiger partial charge in [-0.25, -0.2) is 0 Å². The number of hydrogen-bond acceptors (Lipinski definition) is 4. The number of methoxy groups -OCH3 is 1. The lowest BCUT2D eigenvalue weighted by molar-refractivity contribution is -0.130. The van der Waals surface area contributed by atoms with E-state index in [9.17, 15) is 9.59 Å². The van der Waals surface area contributed by atoms with Crippen molar-refractivity contribution in [2.24, 2.45) is 11.8 Å². The molecule has 5 rings (SSSR count). The molecular weight excluding hydrogens is 518 g/mol. The molecular formula is C29H32BrN3O3. The Hall–Kier alpha value is -2.90. The first-order valence-electron chi connectivity index (χ1n) is 12.6. The maximum Gasteiger partial charge on any atom is 0.249 e. The van der Waals surface area contributed by atoms with E-state index in [2.05, 4.69) is 44.8 Å². The van der Waals surface area contributed by atoms with Crippen molar-refractivity contribution in [2.45, 2.75) is 38.8 Å². The number of rotatable bonds is 7. The molecule has 0 saturated carbocycles. The van der Waals surface area contributed by atoms with Crippen LogP contribution in [0.3, 0.4) is 0 Å². The number of carbonyl (C=O) groups excluding carboxylic acids is 2. The van der Waals surface area contributed by atoms with Gasteiger partial charge in [-0.15, -0.1) is 0 Å². The van der Waals surface area contributed by atoms with Gasteiger partial charge in [0.2, 0.25) is 11.8 Å². The summed E-state index contributed by atoms with van der Waals surface area (Å²) in [6, 6.07) is 17.6. The number of anilines is 1. The molecule has 2 amide bonds. The van der Waals surface area contributed by atoms with E-state index in [-0.39, 0.29) is 17.7 Å². The summed E-state index contributed by atoms with van der Waals surface area (Å²) >= 11 is 3.56. The molecule has 2 aliphatic heterocycles. The van der Waals surface area contributed by atoms with Crippen LogP contribution in [0.25, 0.3) is 10.8 Å². The lowest BCUT2D eigenvalue weighted by Gasteiger charge is -2.30. The fraction of sp³-hybridized carbons (Fsp3) is 0.379.